The smallest absolute Gasteiger partial charge is 0.189 e. The first-order chi connectivity index (χ1) is 5.86. The fourth-order valence-corrected chi connectivity index (χ4v) is 1.06. The molecule has 0 spiro atoms. The number of aromatic hydroxyl groups is 1. The predicted octanol–water partition coefficient (Wildman–Crippen LogP) is 1.45. The normalized spacial score (nSPS) is 9.17. The van der Waals surface area contributed by atoms with E-state index in [9.17, 15) is 0 Å². The number of benzene rings is 1. The van der Waals surface area contributed by atoms with Gasteiger partial charge in [-0.05, 0) is 13.1 Å². The number of nitrogens with two attached hydrogens (primary N) is 1. The molecule has 0 aliphatic rings. The summed E-state index contributed by atoms with van der Waals surface area (Å²) in [5.74, 6) is 0.223. The van der Waals surface area contributed by atoms with Crippen LogP contribution in [0.5, 0.6) is 5.88 Å². The first-order valence-corrected chi connectivity index (χ1v) is 3.71. The fourth-order valence-electron chi connectivity index (χ4n) is 1.06. The van der Waals surface area contributed by atoms with Gasteiger partial charge in [0.15, 0.2) is 5.88 Å². The van der Waals surface area contributed by atoms with Gasteiger partial charge in [0.2, 0.25) is 0 Å². The van der Waals surface area contributed by atoms with E-state index in [-0.39, 0.29) is 5.88 Å². The number of para-hydroxylation sites is 1. The van der Waals surface area contributed by atoms with Gasteiger partial charge in [-0.15, -0.1) is 0 Å². The molecule has 0 aliphatic carbocycles. The molecule has 4 N–H and O–H groups in total. The molecule has 3 heteroatoms. The average Bonchev–Trinajstić information content (AvgIpc) is 2.48. The fraction of sp³-hybridized carbons (Fsp3) is 0.111. The lowest BCUT2D eigenvalue weighted by Gasteiger charge is -1.83. The van der Waals surface area contributed by atoms with Gasteiger partial charge < -0.3 is 15.8 Å². The lowest BCUT2D eigenvalue weighted by molar-refractivity contribution is 0.458. The minimum Gasteiger partial charge on any atom is -0.495 e. The van der Waals surface area contributed by atoms with Gasteiger partial charge in [-0.1, -0.05) is 18.2 Å². The zero-order chi connectivity index (χ0) is 8.97. The summed E-state index contributed by atoms with van der Waals surface area (Å²) in [6.45, 7) is 0. The number of hydrogen-bond acceptors (Lipinski definition) is 2. The maximum Gasteiger partial charge on any atom is 0.189 e. The Hall–Kier alpha value is -1.48. The summed E-state index contributed by atoms with van der Waals surface area (Å²) in [6, 6.07) is 9.45. The van der Waals surface area contributed by atoms with E-state index >= 15 is 0 Å². The molecule has 3 nitrogen and oxygen atoms in total. The van der Waals surface area contributed by atoms with Crippen LogP contribution in [0.15, 0.2) is 30.3 Å². The zero-order valence-corrected chi connectivity index (χ0v) is 6.91. The van der Waals surface area contributed by atoms with Crippen LogP contribution in [0.1, 0.15) is 0 Å². The summed E-state index contributed by atoms with van der Waals surface area (Å²) in [7, 11) is 1.50. The molecule has 0 atom stereocenters. The highest BCUT2D eigenvalue weighted by Gasteiger charge is 1.94. The standard InChI is InChI=1S/C8H7NO.CH5N/c10-8-5-6-3-1-2-4-7(6)9-8;1-2/h1-5,9-10H;2H2,1H3. The van der Waals surface area contributed by atoms with Crippen molar-refractivity contribution < 1.29 is 5.11 Å². The highest BCUT2D eigenvalue weighted by Crippen LogP contribution is 2.17. The van der Waals surface area contributed by atoms with Crippen molar-refractivity contribution in [2.24, 2.45) is 5.73 Å². The van der Waals surface area contributed by atoms with E-state index in [2.05, 4.69) is 10.7 Å². The van der Waals surface area contributed by atoms with Crippen molar-refractivity contribution in [3.63, 3.8) is 0 Å². The van der Waals surface area contributed by atoms with Crippen LogP contribution in [0.25, 0.3) is 10.9 Å². The van der Waals surface area contributed by atoms with Crippen LogP contribution in [-0.2, 0) is 0 Å². The second-order valence-electron chi connectivity index (χ2n) is 2.24. The molecule has 0 saturated heterocycles. The number of H-pyrrole nitrogens is 1. The largest absolute Gasteiger partial charge is 0.495 e. The van der Waals surface area contributed by atoms with Gasteiger partial charge in [-0.25, -0.2) is 0 Å². The summed E-state index contributed by atoms with van der Waals surface area (Å²) < 4.78 is 0. The lowest BCUT2D eigenvalue weighted by Crippen LogP contribution is -1.69. The number of fused-ring (bicyclic) bond motifs is 1. The number of rotatable bonds is 0. The predicted molar refractivity (Wildman–Crippen MR) is 50.1 cm³/mol. The third-order valence-corrected chi connectivity index (χ3v) is 1.52. The van der Waals surface area contributed by atoms with E-state index in [1.165, 1.54) is 7.05 Å². The highest BCUT2D eigenvalue weighted by molar-refractivity contribution is 5.80. The van der Waals surface area contributed by atoms with Gasteiger partial charge in [0, 0.05) is 17.0 Å². The molecule has 0 radical (unpaired) electrons. The van der Waals surface area contributed by atoms with E-state index in [1.54, 1.807) is 6.07 Å². The van der Waals surface area contributed by atoms with Crippen LogP contribution in [0.3, 0.4) is 0 Å². The van der Waals surface area contributed by atoms with Gasteiger partial charge in [-0.2, -0.15) is 0 Å². The molecule has 0 fully saturated rings. The second-order valence-corrected chi connectivity index (χ2v) is 2.24. The molecule has 0 bridgehead atoms. The number of nitrogens with one attached hydrogen (secondary N) is 1. The van der Waals surface area contributed by atoms with Crippen LogP contribution >= 0.6 is 0 Å². The van der Waals surface area contributed by atoms with Crippen LogP contribution < -0.4 is 5.73 Å². The quantitative estimate of drug-likeness (QED) is 0.551. The van der Waals surface area contributed by atoms with Crippen molar-refractivity contribution >= 4 is 10.9 Å². The SMILES string of the molecule is CN.Oc1cc2ccccc2[nH]1. The maximum absolute atomic E-state index is 9.00. The molecular weight excluding hydrogens is 152 g/mol. The molecule has 2 aromatic rings. The first kappa shape index (κ1) is 8.62. The van der Waals surface area contributed by atoms with Gasteiger partial charge in [0.1, 0.15) is 0 Å². The van der Waals surface area contributed by atoms with Gasteiger partial charge in [0.25, 0.3) is 0 Å². The number of hydrogen-bond donors (Lipinski definition) is 3. The summed E-state index contributed by atoms with van der Waals surface area (Å²) >= 11 is 0. The maximum atomic E-state index is 9.00. The van der Waals surface area contributed by atoms with Gasteiger partial charge >= 0.3 is 0 Å². The van der Waals surface area contributed by atoms with Crippen molar-refractivity contribution in [3.05, 3.63) is 30.3 Å². The van der Waals surface area contributed by atoms with E-state index in [0.717, 1.165) is 10.9 Å². The molecule has 0 unspecified atom stereocenters. The Kier molecular flexibility index (Phi) is 2.71. The molecule has 0 amide bonds. The molecule has 0 saturated carbocycles. The van der Waals surface area contributed by atoms with Crippen molar-refractivity contribution in [2.75, 3.05) is 7.05 Å². The van der Waals surface area contributed by atoms with E-state index in [4.69, 9.17) is 5.11 Å². The Labute approximate surface area is 70.8 Å². The molecule has 1 heterocycles. The Morgan fingerprint density at radius 2 is 1.92 bits per heavy atom. The minimum atomic E-state index is 0.223. The van der Waals surface area contributed by atoms with E-state index in [0.29, 0.717) is 0 Å². The molecule has 1 aromatic carbocycles. The molecular formula is C9H12N2O. The Bertz CT molecular complexity index is 321. The van der Waals surface area contributed by atoms with E-state index in [1.807, 2.05) is 24.3 Å². The monoisotopic (exact) mass is 164 g/mol. The number of aromatic amines is 1. The summed E-state index contributed by atoms with van der Waals surface area (Å²) in [4.78, 5) is 2.81. The topological polar surface area (TPSA) is 62.0 Å². The Morgan fingerprint density at radius 3 is 2.58 bits per heavy atom. The van der Waals surface area contributed by atoms with Gasteiger partial charge in [0.05, 0.1) is 0 Å². The van der Waals surface area contributed by atoms with Crippen LogP contribution in [0.2, 0.25) is 0 Å². The average molecular weight is 164 g/mol. The Morgan fingerprint density at radius 1 is 1.25 bits per heavy atom. The minimum absolute atomic E-state index is 0.223. The third kappa shape index (κ3) is 1.57. The third-order valence-electron chi connectivity index (χ3n) is 1.52. The van der Waals surface area contributed by atoms with Crippen molar-refractivity contribution in [1.29, 1.82) is 0 Å². The van der Waals surface area contributed by atoms with Crippen LogP contribution in [-0.4, -0.2) is 17.1 Å². The molecule has 1 aromatic heterocycles. The van der Waals surface area contributed by atoms with Gasteiger partial charge in [-0.3, -0.25) is 0 Å². The van der Waals surface area contributed by atoms with E-state index < -0.39 is 0 Å². The van der Waals surface area contributed by atoms with Crippen LogP contribution in [0, 0.1) is 0 Å². The Balaban J connectivity index is 0.000000336. The molecule has 0 aliphatic heterocycles. The lowest BCUT2D eigenvalue weighted by atomic mass is 10.3. The summed E-state index contributed by atoms with van der Waals surface area (Å²) in [6.07, 6.45) is 0. The molecule has 64 valence electrons. The summed E-state index contributed by atoms with van der Waals surface area (Å²) in [5.41, 5.74) is 5.47. The van der Waals surface area contributed by atoms with Crippen molar-refractivity contribution in [3.8, 4) is 5.88 Å². The first-order valence-electron chi connectivity index (χ1n) is 3.71. The zero-order valence-electron chi connectivity index (χ0n) is 6.91. The highest BCUT2D eigenvalue weighted by atomic mass is 16.3. The van der Waals surface area contributed by atoms with Crippen molar-refractivity contribution in [1.82, 2.24) is 4.98 Å². The molecule has 12 heavy (non-hydrogen) atoms. The molecule has 2 rings (SSSR count). The number of aromatic nitrogens is 1. The van der Waals surface area contributed by atoms with Crippen molar-refractivity contribution in [2.45, 2.75) is 0 Å². The summed E-state index contributed by atoms with van der Waals surface area (Å²) in [5, 5.41) is 10.0. The second kappa shape index (κ2) is 3.78. The van der Waals surface area contributed by atoms with Crippen LogP contribution in [0.4, 0.5) is 0 Å².